The van der Waals surface area contributed by atoms with Crippen LogP contribution in [0.25, 0.3) is 11.3 Å². The van der Waals surface area contributed by atoms with Gasteiger partial charge in [-0.15, -0.1) is 0 Å². The molecular formula is C12H8FN3S. The first-order valence-electron chi connectivity index (χ1n) is 4.87. The SMILES string of the molecule is Cc1cc(-c2cc(F)cc(C#N)c2)nc(=S)[nH]1. The summed E-state index contributed by atoms with van der Waals surface area (Å²) in [6.07, 6.45) is 0. The summed E-state index contributed by atoms with van der Waals surface area (Å²) in [6.45, 7) is 1.84. The van der Waals surface area contributed by atoms with E-state index in [1.54, 1.807) is 12.1 Å². The Morgan fingerprint density at radius 2 is 2.12 bits per heavy atom. The molecule has 0 aliphatic rings. The largest absolute Gasteiger partial charge is 0.335 e. The van der Waals surface area contributed by atoms with Crippen molar-refractivity contribution >= 4 is 12.2 Å². The highest BCUT2D eigenvalue weighted by molar-refractivity contribution is 7.71. The van der Waals surface area contributed by atoms with E-state index in [1.165, 1.54) is 12.1 Å². The molecule has 1 aromatic carbocycles. The Morgan fingerprint density at radius 1 is 1.35 bits per heavy atom. The van der Waals surface area contributed by atoms with Crippen LogP contribution in [0.2, 0.25) is 0 Å². The summed E-state index contributed by atoms with van der Waals surface area (Å²) in [5.74, 6) is -0.461. The first kappa shape index (κ1) is 11.4. The van der Waals surface area contributed by atoms with Gasteiger partial charge in [0.25, 0.3) is 0 Å². The Hall–Kier alpha value is -2.06. The highest BCUT2D eigenvalue weighted by Gasteiger charge is 2.05. The molecule has 84 valence electrons. The molecule has 0 bridgehead atoms. The van der Waals surface area contributed by atoms with Crippen LogP contribution in [0, 0.1) is 28.8 Å². The molecule has 0 saturated heterocycles. The predicted molar refractivity (Wildman–Crippen MR) is 64.3 cm³/mol. The molecule has 0 atom stereocenters. The summed E-state index contributed by atoms with van der Waals surface area (Å²) in [6, 6.07) is 7.76. The maximum absolute atomic E-state index is 13.3. The van der Waals surface area contributed by atoms with Crippen molar-refractivity contribution in [1.82, 2.24) is 9.97 Å². The van der Waals surface area contributed by atoms with Crippen molar-refractivity contribution in [2.75, 3.05) is 0 Å². The molecular weight excluding hydrogens is 237 g/mol. The van der Waals surface area contributed by atoms with E-state index in [9.17, 15) is 4.39 Å². The van der Waals surface area contributed by atoms with E-state index < -0.39 is 5.82 Å². The minimum atomic E-state index is -0.461. The number of nitrogens with zero attached hydrogens (tertiary/aromatic N) is 2. The second kappa shape index (κ2) is 4.44. The zero-order valence-corrected chi connectivity index (χ0v) is 9.81. The van der Waals surface area contributed by atoms with Gasteiger partial charge < -0.3 is 4.98 Å². The van der Waals surface area contributed by atoms with Gasteiger partial charge >= 0.3 is 0 Å². The molecule has 0 amide bonds. The molecule has 0 fully saturated rings. The van der Waals surface area contributed by atoms with E-state index in [0.29, 0.717) is 16.0 Å². The van der Waals surface area contributed by atoms with Gasteiger partial charge in [0.1, 0.15) is 5.82 Å². The van der Waals surface area contributed by atoms with Crippen LogP contribution >= 0.6 is 12.2 Å². The molecule has 17 heavy (non-hydrogen) atoms. The molecule has 1 N–H and O–H groups in total. The molecule has 1 aromatic heterocycles. The van der Waals surface area contributed by atoms with Crippen LogP contribution in [0.1, 0.15) is 11.3 Å². The number of hydrogen-bond donors (Lipinski definition) is 1. The second-order valence-corrected chi connectivity index (χ2v) is 3.98. The molecule has 3 nitrogen and oxygen atoms in total. The van der Waals surface area contributed by atoms with Crippen LogP contribution < -0.4 is 0 Å². The number of halogens is 1. The number of hydrogen-bond acceptors (Lipinski definition) is 3. The number of H-pyrrole nitrogens is 1. The van der Waals surface area contributed by atoms with Crippen LogP contribution in [0.15, 0.2) is 24.3 Å². The number of aryl methyl sites for hydroxylation is 1. The fourth-order valence-electron chi connectivity index (χ4n) is 1.53. The Morgan fingerprint density at radius 3 is 2.76 bits per heavy atom. The highest BCUT2D eigenvalue weighted by Crippen LogP contribution is 2.20. The van der Waals surface area contributed by atoms with E-state index in [-0.39, 0.29) is 5.56 Å². The topological polar surface area (TPSA) is 52.5 Å². The Labute approximate surface area is 103 Å². The van der Waals surface area contributed by atoms with Gasteiger partial charge in [-0.25, -0.2) is 9.37 Å². The lowest BCUT2D eigenvalue weighted by atomic mass is 10.1. The number of nitrogens with one attached hydrogen (secondary N) is 1. The van der Waals surface area contributed by atoms with Gasteiger partial charge in [-0.3, -0.25) is 0 Å². The first-order valence-corrected chi connectivity index (χ1v) is 5.28. The molecule has 0 spiro atoms. The van der Waals surface area contributed by atoms with Crippen LogP contribution in [-0.4, -0.2) is 9.97 Å². The minimum absolute atomic E-state index is 0.262. The van der Waals surface area contributed by atoms with E-state index in [4.69, 9.17) is 17.5 Å². The van der Waals surface area contributed by atoms with E-state index in [1.807, 2.05) is 13.0 Å². The molecule has 2 rings (SSSR count). The Balaban J connectivity index is 2.64. The monoisotopic (exact) mass is 245 g/mol. The zero-order valence-electron chi connectivity index (χ0n) is 8.99. The molecule has 0 aliphatic carbocycles. The van der Waals surface area contributed by atoms with Crippen molar-refractivity contribution in [3.63, 3.8) is 0 Å². The van der Waals surface area contributed by atoms with Crippen LogP contribution in [0.4, 0.5) is 4.39 Å². The lowest BCUT2D eigenvalue weighted by Gasteiger charge is -2.03. The van der Waals surface area contributed by atoms with Gasteiger partial charge in [-0.2, -0.15) is 5.26 Å². The van der Waals surface area contributed by atoms with Crippen molar-refractivity contribution < 1.29 is 4.39 Å². The molecule has 0 saturated carbocycles. The molecule has 5 heteroatoms. The Kier molecular flexibility index (Phi) is 2.98. The van der Waals surface area contributed by atoms with Gasteiger partial charge in [0.2, 0.25) is 0 Å². The lowest BCUT2D eigenvalue weighted by molar-refractivity contribution is 0.628. The second-order valence-electron chi connectivity index (χ2n) is 3.59. The Bertz CT molecular complexity index is 670. The van der Waals surface area contributed by atoms with Crippen molar-refractivity contribution in [3.8, 4) is 17.3 Å². The third-order valence-corrected chi connectivity index (χ3v) is 2.40. The number of rotatable bonds is 1. The van der Waals surface area contributed by atoms with Gasteiger partial charge in [0.05, 0.1) is 17.3 Å². The minimum Gasteiger partial charge on any atom is -0.335 e. The number of benzene rings is 1. The molecule has 0 radical (unpaired) electrons. The van der Waals surface area contributed by atoms with Crippen LogP contribution in [0.3, 0.4) is 0 Å². The number of nitriles is 1. The average molecular weight is 245 g/mol. The molecule has 0 unspecified atom stereocenters. The van der Waals surface area contributed by atoms with E-state index in [0.717, 1.165) is 5.69 Å². The van der Waals surface area contributed by atoms with Gasteiger partial charge in [-0.1, -0.05) is 0 Å². The smallest absolute Gasteiger partial charge is 0.197 e. The number of aromatic nitrogens is 2. The quantitative estimate of drug-likeness (QED) is 0.785. The zero-order chi connectivity index (χ0) is 12.4. The summed E-state index contributed by atoms with van der Waals surface area (Å²) in [5, 5.41) is 8.78. The van der Waals surface area contributed by atoms with Gasteiger partial charge in [0, 0.05) is 11.3 Å². The predicted octanol–water partition coefficient (Wildman–Crippen LogP) is 3.13. The van der Waals surface area contributed by atoms with E-state index >= 15 is 0 Å². The van der Waals surface area contributed by atoms with Gasteiger partial charge in [-0.05, 0) is 43.4 Å². The molecule has 2 aromatic rings. The average Bonchev–Trinajstić information content (AvgIpc) is 2.26. The summed E-state index contributed by atoms with van der Waals surface area (Å²) >= 11 is 4.96. The summed E-state index contributed by atoms with van der Waals surface area (Å²) in [5.41, 5.74) is 2.20. The standard InChI is InChI=1S/C12H8FN3S/c1-7-2-11(16-12(17)15-7)9-3-8(6-14)4-10(13)5-9/h2-5H,1H3,(H,15,16,17). The third kappa shape index (κ3) is 2.55. The van der Waals surface area contributed by atoms with Crippen molar-refractivity contribution in [3.05, 3.63) is 46.1 Å². The maximum atomic E-state index is 13.3. The van der Waals surface area contributed by atoms with Crippen LogP contribution in [-0.2, 0) is 0 Å². The third-order valence-electron chi connectivity index (χ3n) is 2.20. The van der Waals surface area contributed by atoms with E-state index in [2.05, 4.69) is 9.97 Å². The first-order chi connectivity index (χ1) is 8.08. The summed E-state index contributed by atoms with van der Waals surface area (Å²) in [7, 11) is 0. The number of aromatic amines is 1. The summed E-state index contributed by atoms with van der Waals surface area (Å²) in [4.78, 5) is 6.97. The van der Waals surface area contributed by atoms with Gasteiger partial charge in [0.15, 0.2) is 4.77 Å². The molecule has 0 aliphatic heterocycles. The van der Waals surface area contributed by atoms with Crippen molar-refractivity contribution in [2.45, 2.75) is 6.92 Å². The van der Waals surface area contributed by atoms with Crippen molar-refractivity contribution in [1.29, 1.82) is 5.26 Å². The maximum Gasteiger partial charge on any atom is 0.197 e. The lowest BCUT2D eigenvalue weighted by Crippen LogP contribution is -1.92. The normalized spacial score (nSPS) is 9.94. The fraction of sp³-hybridized carbons (Fsp3) is 0.0833. The molecule has 1 heterocycles. The highest BCUT2D eigenvalue weighted by atomic mass is 32.1. The van der Waals surface area contributed by atoms with Crippen LogP contribution in [0.5, 0.6) is 0 Å². The summed E-state index contributed by atoms with van der Waals surface area (Å²) < 4.78 is 13.6. The fourth-order valence-corrected chi connectivity index (χ4v) is 1.79. The van der Waals surface area contributed by atoms with Crippen molar-refractivity contribution in [2.24, 2.45) is 0 Å².